The number of carbonyl (C=O) groups is 1. The number of carbonyl (C=O) groups excluding carboxylic acids is 1. The summed E-state index contributed by atoms with van der Waals surface area (Å²) >= 11 is 0. The number of unbranched alkanes of at least 4 members (excludes halogenated alkanes) is 22. The van der Waals surface area contributed by atoms with Crippen LogP contribution >= 0.6 is 0 Å². The third kappa shape index (κ3) is 29.7. The lowest BCUT2D eigenvalue weighted by Crippen LogP contribution is -2.19. The van der Waals surface area contributed by atoms with Crippen LogP contribution in [-0.2, 0) is 4.79 Å². The van der Waals surface area contributed by atoms with Crippen molar-refractivity contribution in [2.45, 2.75) is 200 Å². The van der Waals surface area contributed by atoms with Gasteiger partial charge in [0.05, 0.1) is 0 Å². The molecule has 0 heterocycles. The van der Waals surface area contributed by atoms with Gasteiger partial charge in [0.1, 0.15) is 6.10 Å². The van der Waals surface area contributed by atoms with Crippen LogP contribution in [0, 0.1) is 0 Å². The summed E-state index contributed by atoms with van der Waals surface area (Å²) in [4.78, 5) is 12.2. The Morgan fingerprint density at radius 1 is 0.474 bits per heavy atom. The average molecular weight is 533 g/mol. The Morgan fingerprint density at radius 2 is 0.789 bits per heavy atom. The maximum Gasteiger partial charge on any atom is 0.161 e. The van der Waals surface area contributed by atoms with Gasteiger partial charge in [-0.2, -0.15) is 0 Å². The fraction of sp³-hybridized carbons (Fsp3) is 0.861. The van der Waals surface area contributed by atoms with E-state index < -0.39 is 6.10 Å². The molecule has 0 fully saturated rings. The number of Topliss-reactive ketones (excluding diaryl/α,β-unsaturated/α-hetero) is 1. The van der Waals surface area contributed by atoms with Crippen molar-refractivity contribution in [3.63, 3.8) is 0 Å². The van der Waals surface area contributed by atoms with Gasteiger partial charge < -0.3 is 5.11 Å². The van der Waals surface area contributed by atoms with Gasteiger partial charge in [0.25, 0.3) is 0 Å². The van der Waals surface area contributed by atoms with Gasteiger partial charge >= 0.3 is 0 Å². The summed E-state index contributed by atoms with van der Waals surface area (Å²) in [6, 6.07) is 0. The zero-order valence-electron chi connectivity index (χ0n) is 26.0. The number of hydrogen-bond donors (Lipinski definition) is 1. The van der Waals surface area contributed by atoms with Crippen LogP contribution in [0.4, 0.5) is 0 Å². The summed E-state index contributed by atoms with van der Waals surface area (Å²) in [5.41, 5.74) is 0. The van der Waals surface area contributed by atoms with Crippen molar-refractivity contribution >= 4 is 5.78 Å². The smallest absolute Gasteiger partial charge is 0.161 e. The molecule has 224 valence electrons. The Bertz CT molecular complexity index is 521. The average Bonchev–Trinajstić information content (AvgIpc) is 2.92. The first kappa shape index (κ1) is 37.1. The van der Waals surface area contributed by atoms with Gasteiger partial charge in [-0.3, -0.25) is 4.79 Å². The molecule has 2 heteroatoms. The Kier molecular flexibility index (Phi) is 31.6. The minimum absolute atomic E-state index is 0.0677. The zero-order valence-corrected chi connectivity index (χ0v) is 26.0. The Morgan fingerprint density at radius 3 is 1.18 bits per heavy atom. The van der Waals surface area contributed by atoms with E-state index in [0.29, 0.717) is 12.8 Å². The number of allylic oxidation sites excluding steroid dienone is 4. The minimum Gasteiger partial charge on any atom is -0.385 e. The number of rotatable bonds is 31. The number of aliphatic hydroxyl groups is 1. The molecule has 0 amide bonds. The molecule has 0 aromatic rings. The lowest BCUT2D eigenvalue weighted by Gasteiger charge is -2.09. The first-order chi connectivity index (χ1) is 18.7. The normalized spacial score (nSPS) is 12.7. The van der Waals surface area contributed by atoms with Gasteiger partial charge in [0, 0.05) is 6.42 Å². The summed E-state index contributed by atoms with van der Waals surface area (Å²) in [6.07, 6.45) is 43.0. The molecule has 1 unspecified atom stereocenters. The quantitative estimate of drug-likeness (QED) is 0.0712. The Labute approximate surface area is 239 Å². The fourth-order valence-electron chi connectivity index (χ4n) is 5.11. The molecule has 0 aliphatic carbocycles. The van der Waals surface area contributed by atoms with Gasteiger partial charge in [-0.15, -0.1) is 0 Å². The van der Waals surface area contributed by atoms with E-state index in [9.17, 15) is 9.90 Å². The fourth-order valence-corrected chi connectivity index (χ4v) is 5.11. The van der Waals surface area contributed by atoms with E-state index in [1.807, 2.05) is 0 Å². The largest absolute Gasteiger partial charge is 0.385 e. The maximum absolute atomic E-state index is 12.2. The van der Waals surface area contributed by atoms with Gasteiger partial charge in [-0.05, 0) is 64.2 Å². The highest BCUT2D eigenvalue weighted by Crippen LogP contribution is 2.14. The summed E-state index contributed by atoms with van der Waals surface area (Å²) in [5.74, 6) is 0.0677. The highest BCUT2D eigenvalue weighted by molar-refractivity contribution is 5.82. The molecule has 2 nitrogen and oxygen atoms in total. The molecule has 1 N–H and O–H groups in total. The first-order valence-electron chi connectivity index (χ1n) is 17.2. The van der Waals surface area contributed by atoms with Gasteiger partial charge in [0.2, 0.25) is 0 Å². The van der Waals surface area contributed by atoms with Crippen LogP contribution in [0.25, 0.3) is 0 Å². The molecule has 38 heavy (non-hydrogen) atoms. The van der Waals surface area contributed by atoms with E-state index in [0.717, 1.165) is 25.7 Å². The monoisotopic (exact) mass is 533 g/mol. The van der Waals surface area contributed by atoms with E-state index in [2.05, 4.69) is 38.2 Å². The number of aliphatic hydroxyl groups excluding tert-OH is 1. The van der Waals surface area contributed by atoms with Gasteiger partial charge in [0.15, 0.2) is 5.78 Å². The Hall–Kier alpha value is -0.890. The minimum atomic E-state index is -0.725. The maximum atomic E-state index is 12.2. The van der Waals surface area contributed by atoms with Crippen molar-refractivity contribution in [1.29, 1.82) is 0 Å². The van der Waals surface area contributed by atoms with Crippen LogP contribution < -0.4 is 0 Å². The van der Waals surface area contributed by atoms with Crippen molar-refractivity contribution in [3.8, 4) is 0 Å². The molecule has 0 spiro atoms. The Balaban J connectivity index is 3.37. The molecule has 0 saturated heterocycles. The third-order valence-corrected chi connectivity index (χ3v) is 7.80. The van der Waals surface area contributed by atoms with Crippen LogP contribution in [0.3, 0.4) is 0 Å². The second-order valence-electron chi connectivity index (χ2n) is 11.7. The van der Waals surface area contributed by atoms with E-state index in [-0.39, 0.29) is 5.78 Å². The molecule has 0 aliphatic heterocycles. The highest BCUT2D eigenvalue weighted by Gasteiger charge is 2.13. The molecule has 0 bridgehead atoms. The van der Waals surface area contributed by atoms with Crippen molar-refractivity contribution in [3.05, 3.63) is 24.3 Å². The van der Waals surface area contributed by atoms with Crippen molar-refractivity contribution in [1.82, 2.24) is 0 Å². The van der Waals surface area contributed by atoms with Crippen molar-refractivity contribution in [2.24, 2.45) is 0 Å². The molecule has 0 aromatic heterocycles. The SMILES string of the molecule is CCCCCCCC/C=C\CCCCCCCC(=O)C(O)CCCCCCC/C=C\CCCCCCCC. The second-order valence-corrected chi connectivity index (χ2v) is 11.7. The van der Waals surface area contributed by atoms with Crippen LogP contribution in [0.5, 0.6) is 0 Å². The predicted molar refractivity (Wildman–Crippen MR) is 170 cm³/mol. The number of ketones is 1. The molecule has 0 aliphatic rings. The van der Waals surface area contributed by atoms with E-state index in [1.165, 1.54) is 141 Å². The standard InChI is InChI=1S/C36H68O2/c1-3-5-7-9-11-13-15-17-19-21-23-25-27-29-31-33-35(37)36(38)34-32-30-28-26-24-22-20-18-16-14-12-10-8-6-4-2/h17-20,35,37H,3-16,21-34H2,1-2H3/b19-17-,20-18-. The second kappa shape index (κ2) is 32.3. The van der Waals surface area contributed by atoms with Gasteiger partial charge in [-0.25, -0.2) is 0 Å². The lowest BCUT2D eigenvalue weighted by atomic mass is 10.0. The van der Waals surface area contributed by atoms with E-state index >= 15 is 0 Å². The van der Waals surface area contributed by atoms with Gasteiger partial charge in [-0.1, -0.05) is 147 Å². The summed E-state index contributed by atoms with van der Waals surface area (Å²) < 4.78 is 0. The lowest BCUT2D eigenvalue weighted by molar-refractivity contribution is -0.127. The van der Waals surface area contributed by atoms with Crippen molar-refractivity contribution in [2.75, 3.05) is 0 Å². The van der Waals surface area contributed by atoms with E-state index in [4.69, 9.17) is 0 Å². The van der Waals surface area contributed by atoms with Crippen LogP contribution in [-0.4, -0.2) is 17.0 Å². The van der Waals surface area contributed by atoms with E-state index in [1.54, 1.807) is 0 Å². The zero-order chi connectivity index (χ0) is 27.8. The van der Waals surface area contributed by atoms with Crippen LogP contribution in [0.2, 0.25) is 0 Å². The predicted octanol–water partition coefficient (Wildman–Crippen LogP) is 12.0. The summed E-state index contributed by atoms with van der Waals surface area (Å²) in [6.45, 7) is 4.54. The molecule has 0 saturated carbocycles. The third-order valence-electron chi connectivity index (χ3n) is 7.80. The number of hydrogen-bond acceptors (Lipinski definition) is 2. The topological polar surface area (TPSA) is 37.3 Å². The molecule has 1 atom stereocenters. The summed E-state index contributed by atoms with van der Waals surface area (Å²) in [7, 11) is 0. The molecule has 0 aromatic carbocycles. The molecule has 0 radical (unpaired) electrons. The molecular formula is C36H68O2. The highest BCUT2D eigenvalue weighted by atomic mass is 16.3. The molecular weight excluding hydrogens is 464 g/mol. The van der Waals surface area contributed by atoms with Crippen LogP contribution in [0.15, 0.2) is 24.3 Å². The molecule has 0 rings (SSSR count). The summed E-state index contributed by atoms with van der Waals surface area (Å²) in [5, 5.41) is 10.2. The van der Waals surface area contributed by atoms with Crippen LogP contribution in [0.1, 0.15) is 194 Å². The first-order valence-corrected chi connectivity index (χ1v) is 17.2. The van der Waals surface area contributed by atoms with Crippen molar-refractivity contribution < 1.29 is 9.90 Å².